The van der Waals surface area contributed by atoms with E-state index in [1.807, 2.05) is 17.9 Å². The number of nitrogens with one attached hydrogen (secondary N) is 1. The second-order valence-corrected chi connectivity index (χ2v) is 8.39. The van der Waals surface area contributed by atoms with E-state index in [9.17, 15) is 4.79 Å². The maximum absolute atomic E-state index is 12.2. The van der Waals surface area contributed by atoms with E-state index in [4.69, 9.17) is 17.0 Å². The van der Waals surface area contributed by atoms with Gasteiger partial charge in [-0.15, -0.1) is 0 Å². The van der Waals surface area contributed by atoms with Gasteiger partial charge in [0.05, 0.1) is 6.67 Å². The Balaban J connectivity index is 1.69. The Morgan fingerprint density at radius 3 is 2.88 bits per heavy atom. The smallest absolute Gasteiger partial charge is 0.223 e. The Hall–Kier alpha value is -0.480. The topological polar surface area (TPSA) is 59.4 Å². The van der Waals surface area contributed by atoms with Gasteiger partial charge in [0, 0.05) is 38.8 Å². The molecular formula is C15H26N4O2S3. The number of carbonyl (C=O) groups is 1. The molecule has 2 rings (SSSR count). The van der Waals surface area contributed by atoms with Crippen molar-refractivity contribution >= 4 is 41.2 Å². The number of aromatic nitrogens is 2. The lowest BCUT2D eigenvalue weighted by Gasteiger charge is -2.30. The molecule has 0 bridgehead atoms. The largest absolute Gasteiger partial charge is 0.382 e. The zero-order valence-electron chi connectivity index (χ0n) is 14.3. The summed E-state index contributed by atoms with van der Waals surface area (Å²) in [5.41, 5.74) is 0. The van der Waals surface area contributed by atoms with Crippen LogP contribution >= 0.6 is 35.3 Å². The molecule has 24 heavy (non-hydrogen) atoms. The third-order valence-corrected chi connectivity index (χ3v) is 6.31. The SMILES string of the molecule is CCOCCCNC(=O)C1CCN(Cn2nc(SC)sc2=S)CC1. The van der Waals surface area contributed by atoms with E-state index in [1.165, 1.54) is 0 Å². The second kappa shape index (κ2) is 10.5. The van der Waals surface area contributed by atoms with Crippen molar-refractivity contribution in [3.8, 4) is 0 Å². The molecule has 0 aromatic carbocycles. The number of rotatable bonds is 9. The van der Waals surface area contributed by atoms with Crippen molar-refractivity contribution in [2.45, 2.75) is 37.2 Å². The molecule has 0 saturated carbocycles. The van der Waals surface area contributed by atoms with Gasteiger partial charge in [0.1, 0.15) is 0 Å². The maximum atomic E-state index is 12.2. The molecule has 1 aliphatic heterocycles. The van der Waals surface area contributed by atoms with E-state index in [0.29, 0.717) is 13.2 Å². The van der Waals surface area contributed by atoms with Gasteiger partial charge in [-0.1, -0.05) is 23.1 Å². The number of hydrogen-bond donors (Lipinski definition) is 1. The van der Waals surface area contributed by atoms with Crippen LogP contribution in [0, 0.1) is 9.87 Å². The van der Waals surface area contributed by atoms with Crippen LogP contribution in [0.5, 0.6) is 0 Å². The Morgan fingerprint density at radius 1 is 1.50 bits per heavy atom. The summed E-state index contributed by atoms with van der Waals surface area (Å²) in [6.07, 6.45) is 4.67. The van der Waals surface area contributed by atoms with Crippen molar-refractivity contribution in [1.82, 2.24) is 20.0 Å². The summed E-state index contributed by atoms with van der Waals surface area (Å²) in [6, 6.07) is 0. The minimum atomic E-state index is 0.124. The summed E-state index contributed by atoms with van der Waals surface area (Å²) in [5.74, 6) is 0.305. The highest BCUT2D eigenvalue weighted by Crippen LogP contribution is 2.21. The minimum Gasteiger partial charge on any atom is -0.382 e. The number of nitrogens with zero attached hydrogens (tertiary/aromatic N) is 3. The summed E-state index contributed by atoms with van der Waals surface area (Å²) >= 11 is 8.53. The zero-order chi connectivity index (χ0) is 17.4. The minimum absolute atomic E-state index is 0.124. The molecule has 0 atom stereocenters. The number of carbonyl (C=O) groups excluding carboxylic acids is 1. The van der Waals surface area contributed by atoms with Crippen LogP contribution in [-0.2, 0) is 16.2 Å². The number of thioether (sulfide) groups is 1. The van der Waals surface area contributed by atoms with Crippen molar-refractivity contribution in [3.05, 3.63) is 3.95 Å². The molecule has 6 nitrogen and oxygen atoms in total. The van der Waals surface area contributed by atoms with Gasteiger partial charge in [0.25, 0.3) is 0 Å². The predicted molar refractivity (Wildman–Crippen MR) is 101 cm³/mol. The number of ether oxygens (including phenoxy) is 1. The summed E-state index contributed by atoms with van der Waals surface area (Å²) in [5, 5.41) is 7.53. The quantitative estimate of drug-likeness (QED) is 0.397. The van der Waals surface area contributed by atoms with Crippen LogP contribution in [0.4, 0.5) is 0 Å². The zero-order valence-corrected chi connectivity index (χ0v) is 16.8. The average molecular weight is 391 g/mol. The van der Waals surface area contributed by atoms with Crippen molar-refractivity contribution < 1.29 is 9.53 Å². The Labute approximate surface area is 156 Å². The van der Waals surface area contributed by atoms with Crippen molar-refractivity contribution in [2.24, 2.45) is 5.92 Å². The van der Waals surface area contributed by atoms with E-state index in [-0.39, 0.29) is 11.8 Å². The van der Waals surface area contributed by atoms with Gasteiger partial charge in [-0.3, -0.25) is 9.69 Å². The molecule has 0 unspecified atom stereocenters. The molecule has 136 valence electrons. The van der Waals surface area contributed by atoms with Gasteiger partial charge in [0.15, 0.2) is 8.29 Å². The summed E-state index contributed by atoms with van der Waals surface area (Å²) in [7, 11) is 0. The van der Waals surface area contributed by atoms with Crippen LogP contribution in [0.1, 0.15) is 26.2 Å². The lowest BCUT2D eigenvalue weighted by atomic mass is 9.96. The normalized spacial score (nSPS) is 16.4. The van der Waals surface area contributed by atoms with Crippen LogP contribution in [0.25, 0.3) is 0 Å². The van der Waals surface area contributed by atoms with E-state index in [1.54, 1.807) is 23.1 Å². The molecular weight excluding hydrogens is 364 g/mol. The standard InChI is InChI=1S/C15H26N4O2S3/c1-3-21-10-4-7-16-13(20)12-5-8-18(9-6-12)11-19-15(22)24-14(17-19)23-2/h12H,3-11H2,1-2H3,(H,16,20). The fourth-order valence-electron chi connectivity index (χ4n) is 2.66. The third-order valence-electron chi connectivity index (χ3n) is 4.02. The summed E-state index contributed by atoms with van der Waals surface area (Å²) in [4.78, 5) is 14.5. The first-order valence-corrected chi connectivity index (χ1v) is 10.8. The number of likely N-dealkylation sites (tertiary alicyclic amines) is 1. The van der Waals surface area contributed by atoms with Gasteiger partial charge >= 0.3 is 0 Å². The molecule has 0 aliphatic carbocycles. The van der Waals surface area contributed by atoms with Crippen LogP contribution < -0.4 is 5.32 Å². The van der Waals surface area contributed by atoms with E-state index in [2.05, 4.69) is 15.3 Å². The van der Waals surface area contributed by atoms with Gasteiger partial charge in [0.2, 0.25) is 5.91 Å². The first kappa shape index (κ1) is 19.8. The number of hydrogen-bond acceptors (Lipinski definition) is 7. The first-order chi connectivity index (χ1) is 11.6. The number of amides is 1. The Morgan fingerprint density at radius 2 is 2.25 bits per heavy atom. The van der Waals surface area contributed by atoms with Crippen LogP contribution in [-0.4, -0.2) is 59.7 Å². The van der Waals surface area contributed by atoms with Gasteiger partial charge < -0.3 is 10.1 Å². The molecule has 1 aliphatic rings. The Bertz CT molecular complexity index is 567. The van der Waals surface area contributed by atoms with Crippen molar-refractivity contribution in [1.29, 1.82) is 0 Å². The summed E-state index contributed by atoms with van der Waals surface area (Å²) in [6.45, 7) is 6.65. The molecule has 1 aromatic rings. The molecule has 1 fully saturated rings. The molecule has 1 saturated heterocycles. The van der Waals surface area contributed by atoms with Gasteiger partial charge in [-0.2, -0.15) is 5.10 Å². The average Bonchev–Trinajstić information content (AvgIpc) is 2.95. The van der Waals surface area contributed by atoms with E-state index < -0.39 is 0 Å². The highest BCUT2D eigenvalue weighted by atomic mass is 32.2. The lowest BCUT2D eigenvalue weighted by molar-refractivity contribution is -0.126. The van der Waals surface area contributed by atoms with E-state index >= 15 is 0 Å². The van der Waals surface area contributed by atoms with Crippen LogP contribution in [0.2, 0.25) is 0 Å². The third kappa shape index (κ3) is 6.11. The molecule has 2 heterocycles. The summed E-state index contributed by atoms with van der Waals surface area (Å²) < 4.78 is 8.98. The van der Waals surface area contributed by atoms with Crippen LogP contribution in [0.3, 0.4) is 0 Å². The molecule has 1 N–H and O–H groups in total. The van der Waals surface area contributed by atoms with Crippen molar-refractivity contribution in [2.75, 3.05) is 39.1 Å². The molecule has 1 aromatic heterocycles. The monoisotopic (exact) mass is 390 g/mol. The first-order valence-electron chi connectivity index (χ1n) is 8.33. The molecule has 1 amide bonds. The van der Waals surface area contributed by atoms with Crippen molar-refractivity contribution in [3.63, 3.8) is 0 Å². The molecule has 9 heteroatoms. The fraction of sp³-hybridized carbons (Fsp3) is 0.800. The lowest BCUT2D eigenvalue weighted by Crippen LogP contribution is -2.41. The molecule has 0 spiro atoms. The highest BCUT2D eigenvalue weighted by molar-refractivity contribution is 8.00. The van der Waals surface area contributed by atoms with Gasteiger partial charge in [-0.05, 0) is 44.7 Å². The van der Waals surface area contributed by atoms with E-state index in [0.717, 1.165) is 53.9 Å². The highest BCUT2D eigenvalue weighted by Gasteiger charge is 2.25. The van der Waals surface area contributed by atoms with Crippen LogP contribution in [0.15, 0.2) is 4.34 Å². The Kier molecular flexibility index (Phi) is 8.68. The van der Waals surface area contributed by atoms with Gasteiger partial charge in [-0.25, -0.2) is 4.68 Å². The fourth-order valence-corrected chi connectivity index (χ4v) is 4.40. The second-order valence-electron chi connectivity index (χ2n) is 5.71. The predicted octanol–water partition coefficient (Wildman–Crippen LogP) is 2.61. The maximum Gasteiger partial charge on any atom is 0.223 e. The number of piperidine rings is 1. The molecule has 0 radical (unpaired) electrons.